The van der Waals surface area contributed by atoms with Crippen LogP contribution in [0, 0.1) is 0 Å². The van der Waals surface area contributed by atoms with Gasteiger partial charge in [-0.05, 0) is 51.0 Å². The number of hydrogen-bond acceptors (Lipinski definition) is 7. The Kier molecular flexibility index (Phi) is 7.07. The van der Waals surface area contributed by atoms with Crippen molar-refractivity contribution in [2.45, 2.75) is 37.5 Å². The maximum atomic E-state index is 12.9. The fourth-order valence-corrected chi connectivity index (χ4v) is 4.48. The Morgan fingerprint density at radius 3 is 2.22 bits per heavy atom. The van der Waals surface area contributed by atoms with Gasteiger partial charge in [0.05, 0.1) is 12.7 Å². The third-order valence-electron chi connectivity index (χ3n) is 4.60. The number of carbonyl (C=O) groups is 1. The Labute approximate surface area is 160 Å². The number of rotatable bonds is 9. The molecule has 0 spiro atoms. The molecule has 1 aromatic carbocycles. The highest BCUT2D eigenvalue weighted by atomic mass is 32.2. The lowest BCUT2D eigenvalue weighted by Gasteiger charge is -2.38. The van der Waals surface area contributed by atoms with E-state index in [0.717, 1.165) is 0 Å². The minimum atomic E-state index is -4.25. The molecule has 0 saturated carbocycles. The Balaban J connectivity index is 2.13. The van der Waals surface area contributed by atoms with Crippen molar-refractivity contribution in [3.63, 3.8) is 0 Å². The first-order valence-corrected chi connectivity index (χ1v) is 10.3. The van der Waals surface area contributed by atoms with Gasteiger partial charge in [0.15, 0.2) is 4.75 Å². The molecule has 1 aliphatic heterocycles. The number of benzene rings is 1. The van der Waals surface area contributed by atoms with E-state index in [2.05, 4.69) is 0 Å². The Morgan fingerprint density at radius 2 is 1.74 bits per heavy atom. The molecule has 1 fully saturated rings. The second-order valence-electron chi connectivity index (χ2n) is 6.87. The second-order valence-corrected chi connectivity index (χ2v) is 8.72. The molecular formula is C18H28N2O6S. The standard InChI is InChI=1S/C18H28N2O6S/c1-14(2)25-15-4-6-16(7-5-15)26-27(22,23)18(17(19)21)8-10-20(11-9-18)12-13-24-3/h4-7,14H,8-13H2,1-3H3,(H2,19,21). The van der Waals surface area contributed by atoms with Crippen molar-refractivity contribution in [1.29, 1.82) is 0 Å². The van der Waals surface area contributed by atoms with E-state index >= 15 is 0 Å². The maximum Gasteiger partial charge on any atom is 0.324 e. The summed E-state index contributed by atoms with van der Waals surface area (Å²) in [5.41, 5.74) is 5.51. The number of amides is 1. The molecule has 2 rings (SSSR count). The minimum Gasteiger partial charge on any atom is -0.491 e. The van der Waals surface area contributed by atoms with Crippen LogP contribution in [0.4, 0.5) is 0 Å². The first-order valence-electron chi connectivity index (χ1n) is 8.92. The maximum absolute atomic E-state index is 12.9. The van der Waals surface area contributed by atoms with Crippen LogP contribution in [-0.4, -0.2) is 63.4 Å². The van der Waals surface area contributed by atoms with Gasteiger partial charge in [0.2, 0.25) is 5.91 Å². The highest BCUT2D eigenvalue weighted by Crippen LogP contribution is 2.33. The average Bonchev–Trinajstić information content (AvgIpc) is 2.61. The molecule has 0 atom stereocenters. The van der Waals surface area contributed by atoms with E-state index in [1.54, 1.807) is 19.2 Å². The lowest BCUT2D eigenvalue weighted by Crippen LogP contribution is -2.58. The molecule has 0 unspecified atom stereocenters. The molecular weight excluding hydrogens is 372 g/mol. The van der Waals surface area contributed by atoms with Crippen LogP contribution in [0.25, 0.3) is 0 Å². The van der Waals surface area contributed by atoms with Crippen LogP contribution in [-0.2, 0) is 19.6 Å². The van der Waals surface area contributed by atoms with Crippen molar-refractivity contribution in [2.24, 2.45) is 5.73 Å². The number of primary amides is 1. The molecule has 9 heteroatoms. The van der Waals surface area contributed by atoms with Crippen LogP contribution >= 0.6 is 0 Å². The smallest absolute Gasteiger partial charge is 0.324 e. The van der Waals surface area contributed by atoms with E-state index in [1.165, 1.54) is 12.1 Å². The van der Waals surface area contributed by atoms with Gasteiger partial charge in [0.1, 0.15) is 11.5 Å². The number of likely N-dealkylation sites (tertiary alicyclic amines) is 1. The third kappa shape index (κ3) is 5.12. The fraction of sp³-hybridized carbons (Fsp3) is 0.611. The monoisotopic (exact) mass is 400 g/mol. The van der Waals surface area contributed by atoms with E-state index in [0.29, 0.717) is 32.0 Å². The van der Waals surface area contributed by atoms with Gasteiger partial charge in [0, 0.05) is 26.7 Å². The van der Waals surface area contributed by atoms with Gasteiger partial charge in [-0.2, -0.15) is 8.42 Å². The first kappa shape index (κ1) is 21.5. The largest absolute Gasteiger partial charge is 0.491 e. The van der Waals surface area contributed by atoms with Crippen molar-refractivity contribution in [2.75, 3.05) is 33.4 Å². The lowest BCUT2D eigenvalue weighted by molar-refractivity contribution is -0.121. The van der Waals surface area contributed by atoms with Crippen LogP contribution < -0.4 is 14.7 Å². The predicted octanol–water partition coefficient (Wildman–Crippen LogP) is 1.15. The molecule has 0 aliphatic carbocycles. The topological polar surface area (TPSA) is 108 Å². The summed E-state index contributed by atoms with van der Waals surface area (Å²) in [5.74, 6) is -0.159. The van der Waals surface area contributed by atoms with Crippen LogP contribution in [0.1, 0.15) is 26.7 Å². The molecule has 27 heavy (non-hydrogen) atoms. The Hall–Kier alpha value is -1.84. The van der Waals surface area contributed by atoms with Crippen molar-refractivity contribution in [3.8, 4) is 11.5 Å². The molecule has 1 amide bonds. The Bertz CT molecular complexity index is 725. The number of nitrogens with two attached hydrogens (primary N) is 1. The molecule has 1 heterocycles. The molecule has 1 saturated heterocycles. The summed E-state index contributed by atoms with van der Waals surface area (Å²) in [6.07, 6.45) is 0.174. The van der Waals surface area contributed by atoms with E-state index in [-0.39, 0.29) is 24.7 Å². The molecule has 1 aliphatic rings. The summed E-state index contributed by atoms with van der Waals surface area (Å²) in [5, 5.41) is 0. The average molecular weight is 400 g/mol. The number of ether oxygens (including phenoxy) is 2. The van der Waals surface area contributed by atoms with Crippen LogP contribution in [0.2, 0.25) is 0 Å². The molecule has 0 aromatic heterocycles. The Morgan fingerprint density at radius 1 is 1.19 bits per heavy atom. The summed E-state index contributed by atoms with van der Waals surface area (Å²) in [7, 11) is -2.65. The van der Waals surface area contributed by atoms with Gasteiger partial charge in [-0.1, -0.05) is 0 Å². The van der Waals surface area contributed by atoms with Gasteiger partial charge < -0.3 is 24.3 Å². The summed E-state index contributed by atoms with van der Waals surface area (Å²) in [4.78, 5) is 14.1. The van der Waals surface area contributed by atoms with Crippen molar-refractivity contribution in [3.05, 3.63) is 24.3 Å². The summed E-state index contributed by atoms with van der Waals surface area (Å²) < 4.78 is 39.9. The quantitative estimate of drug-likeness (QED) is 0.619. The SMILES string of the molecule is COCCN1CCC(C(N)=O)(S(=O)(=O)Oc2ccc(OC(C)C)cc2)CC1. The summed E-state index contributed by atoms with van der Waals surface area (Å²) in [6.45, 7) is 5.85. The number of carbonyl (C=O) groups excluding carboxylic acids is 1. The number of piperidine rings is 1. The molecule has 0 radical (unpaired) electrons. The minimum absolute atomic E-state index is 0.00178. The zero-order chi connectivity index (χ0) is 20.1. The molecule has 8 nitrogen and oxygen atoms in total. The summed E-state index contributed by atoms with van der Waals surface area (Å²) in [6, 6.07) is 6.24. The fourth-order valence-electron chi connectivity index (χ4n) is 3.03. The highest BCUT2D eigenvalue weighted by molar-refractivity contribution is 7.89. The van der Waals surface area contributed by atoms with Gasteiger partial charge in [-0.3, -0.25) is 4.79 Å². The zero-order valence-corrected chi connectivity index (χ0v) is 16.8. The first-order chi connectivity index (χ1) is 12.7. The molecule has 1 aromatic rings. The van der Waals surface area contributed by atoms with Crippen molar-refractivity contribution >= 4 is 16.0 Å². The van der Waals surface area contributed by atoms with E-state index in [1.807, 2.05) is 18.7 Å². The highest BCUT2D eigenvalue weighted by Gasteiger charge is 2.53. The number of hydrogen-bond donors (Lipinski definition) is 1. The second kappa shape index (κ2) is 8.90. The van der Waals surface area contributed by atoms with Crippen molar-refractivity contribution in [1.82, 2.24) is 4.90 Å². The van der Waals surface area contributed by atoms with Gasteiger partial charge in [-0.15, -0.1) is 0 Å². The zero-order valence-electron chi connectivity index (χ0n) is 16.0. The summed E-state index contributed by atoms with van der Waals surface area (Å²) >= 11 is 0. The van der Waals surface area contributed by atoms with E-state index in [4.69, 9.17) is 19.4 Å². The van der Waals surface area contributed by atoms with Crippen molar-refractivity contribution < 1.29 is 26.9 Å². The van der Waals surface area contributed by atoms with Gasteiger partial charge in [-0.25, -0.2) is 0 Å². The molecule has 152 valence electrons. The molecule has 2 N–H and O–H groups in total. The van der Waals surface area contributed by atoms with Gasteiger partial charge >= 0.3 is 10.1 Å². The van der Waals surface area contributed by atoms with Crippen LogP contribution in [0.3, 0.4) is 0 Å². The van der Waals surface area contributed by atoms with E-state index < -0.39 is 20.8 Å². The normalized spacial score (nSPS) is 17.6. The predicted molar refractivity (Wildman–Crippen MR) is 101 cm³/mol. The van der Waals surface area contributed by atoms with Crippen LogP contribution in [0.15, 0.2) is 24.3 Å². The van der Waals surface area contributed by atoms with Crippen LogP contribution in [0.5, 0.6) is 11.5 Å². The van der Waals surface area contributed by atoms with Gasteiger partial charge in [0.25, 0.3) is 0 Å². The third-order valence-corrected chi connectivity index (χ3v) is 6.58. The number of nitrogens with zero attached hydrogens (tertiary/aromatic N) is 1. The molecule has 0 bridgehead atoms. The lowest BCUT2D eigenvalue weighted by atomic mass is 9.95. The van der Waals surface area contributed by atoms with E-state index in [9.17, 15) is 13.2 Å². The number of methoxy groups -OCH3 is 1.